The van der Waals surface area contributed by atoms with Crippen LogP contribution in [0.5, 0.6) is 0 Å². The van der Waals surface area contributed by atoms with E-state index in [1.807, 2.05) is 0 Å². The van der Waals surface area contributed by atoms with Gasteiger partial charge in [-0.3, -0.25) is 9.69 Å². The first kappa shape index (κ1) is 7.25. The summed E-state index contributed by atoms with van der Waals surface area (Å²) in [6.45, 7) is 1.71. The lowest BCUT2D eigenvalue weighted by atomic mass is 9.95. The van der Waals surface area contributed by atoms with Crippen molar-refractivity contribution in [3.8, 4) is 0 Å². The van der Waals surface area contributed by atoms with Crippen molar-refractivity contribution >= 4 is 5.78 Å². The molecule has 2 aliphatic rings. The van der Waals surface area contributed by atoms with Crippen LogP contribution in [0, 0.1) is 0 Å². The van der Waals surface area contributed by atoms with E-state index < -0.39 is 0 Å². The summed E-state index contributed by atoms with van der Waals surface area (Å²) in [6.07, 6.45) is 2.70. The van der Waals surface area contributed by atoms with E-state index >= 15 is 0 Å². The minimum Gasteiger partial charge on any atom is -0.394 e. The molecule has 2 rings (SSSR count). The number of hydrogen-bond acceptors (Lipinski definition) is 3. The van der Waals surface area contributed by atoms with Crippen LogP contribution in [0.15, 0.2) is 0 Å². The number of aliphatic hydroxyl groups is 1. The van der Waals surface area contributed by atoms with Crippen LogP contribution >= 0.6 is 0 Å². The maximum Gasteiger partial charge on any atom is 0.148 e. The molecule has 0 saturated carbocycles. The molecule has 1 N–H and O–H groups in total. The van der Waals surface area contributed by atoms with Crippen LogP contribution in [0.4, 0.5) is 0 Å². The fourth-order valence-corrected chi connectivity index (χ4v) is 2.31. The Kier molecular flexibility index (Phi) is 1.51. The van der Waals surface area contributed by atoms with Gasteiger partial charge in [0.2, 0.25) is 0 Å². The van der Waals surface area contributed by atoms with Gasteiger partial charge in [0, 0.05) is 6.42 Å². The third-order valence-electron chi connectivity index (χ3n) is 2.93. The highest BCUT2D eigenvalue weighted by atomic mass is 16.3. The summed E-state index contributed by atoms with van der Waals surface area (Å²) >= 11 is 0. The number of carbonyl (C=O) groups is 1. The van der Waals surface area contributed by atoms with Crippen LogP contribution in [0.2, 0.25) is 0 Å². The Morgan fingerprint density at radius 1 is 1.64 bits per heavy atom. The van der Waals surface area contributed by atoms with Gasteiger partial charge in [0.25, 0.3) is 0 Å². The Morgan fingerprint density at radius 2 is 2.45 bits per heavy atom. The van der Waals surface area contributed by atoms with E-state index in [2.05, 4.69) is 4.90 Å². The molecule has 3 heteroatoms. The first-order valence-corrected chi connectivity index (χ1v) is 4.14. The number of nitrogens with zero attached hydrogens (tertiary/aromatic N) is 1. The van der Waals surface area contributed by atoms with Crippen molar-refractivity contribution in [2.75, 3.05) is 19.7 Å². The second-order valence-electron chi connectivity index (χ2n) is 3.62. The van der Waals surface area contributed by atoms with E-state index in [1.165, 1.54) is 0 Å². The molecule has 0 aromatic heterocycles. The van der Waals surface area contributed by atoms with Gasteiger partial charge in [-0.05, 0) is 19.4 Å². The molecule has 2 saturated heterocycles. The zero-order valence-electron chi connectivity index (χ0n) is 6.55. The Labute approximate surface area is 66.0 Å². The first-order chi connectivity index (χ1) is 5.27. The minimum atomic E-state index is -0.142. The van der Waals surface area contributed by atoms with Gasteiger partial charge in [-0.1, -0.05) is 0 Å². The zero-order valence-corrected chi connectivity index (χ0v) is 6.55. The third kappa shape index (κ3) is 0.914. The molecule has 11 heavy (non-hydrogen) atoms. The molecule has 1 unspecified atom stereocenters. The fraction of sp³-hybridized carbons (Fsp3) is 0.875. The average molecular weight is 155 g/mol. The molecule has 1 atom stereocenters. The molecular weight excluding hydrogens is 142 g/mol. The standard InChI is InChI=1S/C8H13NO2/c10-6-8-2-1-3-9(8)5-7(11)4-8/h10H,1-6H2. The van der Waals surface area contributed by atoms with Gasteiger partial charge in [0.1, 0.15) is 5.78 Å². The molecule has 2 aliphatic heterocycles. The highest BCUT2D eigenvalue weighted by molar-refractivity contribution is 5.84. The quantitative estimate of drug-likeness (QED) is 0.569. The van der Waals surface area contributed by atoms with Crippen molar-refractivity contribution < 1.29 is 9.90 Å². The molecule has 0 bridgehead atoms. The molecule has 2 heterocycles. The van der Waals surface area contributed by atoms with Crippen LogP contribution in [-0.2, 0) is 4.79 Å². The summed E-state index contributed by atoms with van der Waals surface area (Å²) in [4.78, 5) is 13.2. The number of hydrogen-bond donors (Lipinski definition) is 1. The monoisotopic (exact) mass is 155 g/mol. The first-order valence-electron chi connectivity index (χ1n) is 4.14. The van der Waals surface area contributed by atoms with Crippen LogP contribution in [0.1, 0.15) is 19.3 Å². The number of ketones is 1. The van der Waals surface area contributed by atoms with E-state index in [0.717, 1.165) is 19.4 Å². The Morgan fingerprint density at radius 3 is 3.09 bits per heavy atom. The summed E-state index contributed by atoms with van der Waals surface area (Å²) in [5.74, 6) is 0.291. The summed E-state index contributed by atoms with van der Waals surface area (Å²) < 4.78 is 0. The van der Waals surface area contributed by atoms with Crippen LogP contribution < -0.4 is 0 Å². The van der Waals surface area contributed by atoms with Crippen molar-refractivity contribution in [3.05, 3.63) is 0 Å². The van der Waals surface area contributed by atoms with Crippen molar-refractivity contribution in [3.63, 3.8) is 0 Å². The van der Waals surface area contributed by atoms with E-state index in [9.17, 15) is 4.79 Å². The van der Waals surface area contributed by atoms with Gasteiger partial charge in [0.15, 0.2) is 0 Å². The lowest BCUT2D eigenvalue weighted by molar-refractivity contribution is -0.117. The van der Waals surface area contributed by atoms with Gasteiger partial charge in [0.05, 0.1) is 18.7 Å². The molecule has 62 valence electrons. The fourth-order valence-electron chi connectivity index (χ4n) is 2.31. The van der Waals surface area contributed by atoms with Crippen LogP contribution in [0.3, 0.4) is 0 Å². The van der Waals surface area contributed by atoms with Crippen LogP contribution in [-0.4, -0.2) is 41.0 Å². The van der Waals surface area contributed by atoms with E-state index in [1.54, 1.807) is 0 Å². The second-order valence-corrected chi connectivity index (χ2v) is 3.62. The third-order valence-corrected chi connectivity index (χ3v) is 2.93. The highest BCUT2D eigenvalue weighted by Crippen LogP contribution is 2.36. The molecule has 0 aromatic rings. The molecule has 0 amide bonds. The predicted octanol–water partition coefficient (Wildman–Crippen LogP) is -0.214. The molecule has 0 radical (unpaired) electrons. The van der Waals surface area contributed by atoms with Gasteiger partial charge < -0.3 is 5.11 Å². The number of rotatable bonds is 1. The van der Waals surface area contributed by atoms with Gasteiger partial charge in [-0.25, -0.2) is 0 Å². The van der Waals surface area contributed by atoms with Crippen molar-refractivity contribution in [2.24, 2.45) is 0 Å². The Balaban J connectivity index is 2.21. The van der Waals surface area contributed by atoms with Gasteiger partial charge >= 0.3 is 0 Å². The number of Topliss-reactive ketones (excluding diaryl/α,β-unsaturated/α-hetero) is 1. The summed E-state index contributed by atoms with van der Waals surface area (Å²) in [5.41, 5.74) is -0.142. The molecule has 3 nitrogen and oxygen atoms in total. The molecule has 0 aliphatic carbocycles. The minimum absolute atomic E-state index is 0.142. The highest BCUT2D eigenvalue weighted by Gasteiger charge is 2.47. The molecular formula is C8H13NO2. The van der Waals surface area contributed by atoms with Crippen LogP contribution in [0.25, 0.3) is 0 Å². The van der Waals surface area contributed by atoms with Crippen molar-refractivity contribution in [1.82, 2.24) is 4.90 Å². The zero-order chi connectivity index (χ0) is 7.90. The summed E-state index contributed by atoms with van der Waals surface area (Å²) in [5, 5.41) is 9.15. The smallest absolute Gasteiger partial charge is 0.148 e. The topological polar surface area (TPSA) is 40.5 Å². The normalized spacial score (nSPS) is 38.1. The SMILES string of the molecule is O=C1CN2CCCC2(CO)C1. The predicted molar refractivity (Wildman–Crippen MR) is 40.2 cm³/mol. The van der Waals surface area contributed by atoms with Crippen molar-refractivity contribution in [1.29, 1.82) is 0 Å². The average Bonchev–Trinajstić information content (AvgIpc) is 2.43. The van der Waals surface area contributed by atoms with Crippen molar-refractivity contribution in [2.45, 2.75) is 24.8 Å². The van der Waals surface area contributed by atoms with Gasteiger partial charge in [-0.2, -0.15) is 0 Å². The lowest BCUT2D eigenvalue weighted by Gasteiger charge is -2.28. The number of fused-ring (bicyclic) bond motifs is 1. The maximum atomic E-state index is 11.1. The molecule has 0 aromatic carbocycles. The largest absolute Gasteiger partial charge is 0.394 e. The second kappa shape index (κ2) is 2.29. The Hall–Kier alpha value is -0.410. The lowest BCUT2D eigenvalue weighted by Crippen LogP contribution is -2.41. The van der Waals surface area contributed by atoms with E-state index in [4.69, 9.17) is 5.11 Å². The van der Waals surface area contributed by atoms with E-state index in [-0.39, 0.29) is 12.1 Å². The summed E-state index contributed by atoms with van der Waals surface area (Å²) in [7, 11) is 0. The molecule has 0 spiro atoms. The Bertz CT molecular complexity index is 193. The van der Waals surface area contributed by atoms with E-state index in [0.29, 0.717) is 18.7 Å². The number of carbonyl (C=O) groups excluding carboxylic acids is 1. The summed E-state index contributed by atoms with van der Waals surface area (Å²) in [6, 6.07) is 0. The molecule has 2 fully saturated rings. The maximum absolute atomic E-state index is 11.1. The van der Waals surface area contributed by atoms with Gasteiger partial charge in [-0.15, -0.1) is 0 Å². The number of aliphatic hydroxyl groups excluding tert-OH is 1.